The van der Waals surface area contributed by atoms with Crippen molar-refractivity contribution in [2.24, 2.45) is 12.0 Å². The average molecular weight is 374 g/mol. The number of hydrogen-bond donors (Lipinski definition) is 2. The summed E-state index contributed by atoms with van der Waals surface area (Å²) in [4.78, 5) is 4.29. The Hall–Kier alpha value is -2.70. The summed E-state index contributed by atoms with van der Waals surface area (Å²) < 4.78 is 12.5. The third kappa shape index (κ3) is 5.39. The predicted molar refractivity (Wildman–Crippen MR) is 109 cm³/mol. The van der Waals surface area contributed by atoms with Crippen LogP contribution in [0.25, 0.3) is 0 Å². The molecule has 0 radical (unpaired) electrons. The van der Waals surface area contributed by atoms with Gasteiger partial charge in [-0.3, -0.25) is 9.67 Å². The Labute approximate surface area is 161 Å². The van der Waals surface area contributed by atoms with Crippen molar-refractivity contribution in [1.29, 1.82) is 0 Å². The lowest BCUT2D eigenvalue weighted by atomic mass is 10.1. The molecule has 0 atom stereocenters. The van der Waals surface area contributed by atoms with Crippen molar-refractivity contribution in [1.82, 2.24) is 20.4 Å². The third-order valence-corrected chi connectivity index (χ3v) is 4.70. The van der Waals surface area contributed by atoms with Gasteiger partial charge in [-0.15, -0.1) is 0 Å². The van der Waals surface area contributed by atoms with Gasteiger partial charge in [-0.1, -0.05) is 6.07 Å². The summed E-state index contributed by atoms with van der Waals surface area (Å²) >= 11 is 0. The van der Waals surface area contributed by atoms with Gasteiger partial charge < -0.3 is 20.1 Å². The zero-order valence-electron chi connectivity index (χ0n) is 17.2. The fraction of sp³-hybridized carbons (Fsp3) is 0.500. The van der Waals surface area contributed by atoms with Crippen LogP contribution in [-0.4, -0.2) is 43.6 Å². The number of nitrogens with one attached hydrogen (secondary N) is 2. The van der Waals surface area contributed by atoms with E-state index in [0.29, 0.717) is 6.54 Å². The molecule has 0 bridgehead atoms. The number of hydrogen-bond acceptors (Lipinski definition) is 4. The van der Waals surface area contributed by atoms with Crippen molar-refractivity contribution in [3.63, 3.8) is 0 Å². The molecule has 7 nitrogen and oxygen atoms in total. The summed E-state index contributed by atoms with van der Waals surface area (Å²) in [5.74, 6) is 2.32. The molecule has 2 N–H and O–H groups in total. The van der Waals surface area contributed by atoms with Crippen LogP contribution in [0, 0.1) is 13.8 Å². The van der Waals surface area contributed by atoms with Gasteiger partial charge in [0.2, 0.25) is 0 Å². The van der Waals surface area contributed by atoms with Gasteiger partial charge >= 0.3 is 0 Å². The molecule has 0 spiro atoms. The highest BCUT2D eigenvalue weighted by atomic mass is 16.5. The number of methoxy groups -OCH3 is 2. The Kier molecular flexibility index (Phi) is 7.52. The number of aryl methyl sites for hydroxylation is 3. The fourth-order valence-electron chi connectivity index (χ4n) is 3.00. The van der Waals surface area contributed by atoms with Crippen molar-refractivity contribution in [3.8, 4) is 11.5 Å². The lowest BCUT2D eigenvalue weighted by Crippen LogP contribution is -2.37. The SMILES string of the molecule is CN=C(NCCCc1ccc(OC)c(OC)c1)NCc1c(C)nn(C)c1C. The maximum Gasteiger partial charge on any atom is 0.191 e. The van der Waals surface area contributed by atoms with Gasteiger partial charge in [-0.25, -0.2) is 0 Å². The number of ether oxygens (including phenoxy) is 2. The molecular formula is C20H31N5O2. The highest BCUT2D eigenvalue weighted by molar-refractivity contribution is 5.79. The minimum Gasteiger partial charge on any atom is -0.493 e. The van der Waals surface area contributed by atoms with E-state index in [0.717, 1.165) is 42.5 Å². The zero-order chi connectivity index (χ0) is 19.8. The largest absolute Gasteiger partial charge is 0.493 e. The number of rotatable bonds is 8. The van der Waals surface area contributed by atoms with Crippen LogP contribution in [0.4, 0.5) is 0 Å². The number of aromatic nitrogens is 2. The Bertz CT molecular complexity index is 783. The van der Waals surface area contributed by atoms with Crippen molar-refractivity contribution in [3.05, 3.63) is 40.7 Å². The molecule has 0 aliphatic heterocycles. The van der Waals surface area contributed by atoms with Gasteiger partial charge in [0.15, 0.2) is 17.5 Å². The van der Waals surface area contributed by atoms with Gasteiger partial charge in [0.05, 0.1) is 19.9 Å². The van der Waals surface area contributed by atoms with Gasteiger partial charge in [0.25, 0.3) is 0 Å². The van der Waals surface area contributed by atoms with Crippen molar-refractivity contribution >= 4 is 5.96 Å². The molecule has 0 fully saturated rings. The van der Waals surface area contributed by atoms with Gasteiger partial charge in [-0.2, -0.15) is 5.10 Å². The summed E-state index contributed by atoms with van der Waals surface area (Å²) in [5.41, 5.74) is 4.65. The normalized spacial score (nSPS) is 11.4. The number of nitrogens with zero attached hydrogens (tertiary/aromatic N) is 3. The van der Waals surface area contributed by atoms with Gasteiger partial charge in [0.1, 0.15) is 0 Å². The first-order chi connectivity index (χ1) is 13.0. The quantitative estimate of drug-likeness (QED) is 0.422. The second-order valence-corrected chi connectivity index (χ2v) is 6.42. The summed E-state index contributed by atoms with van der Waals surface area (Å²) in [7, 11) is 7.05. The summed E-state index contributed by atoms with van der Waals surface area (Å²) in [6.45, 7) is 5.65. The van der Waals surface area contributed by atoms with E-state index < -0.39 is 0 Å². The van der Waals surface area contributed by atoms with Crippen molar-refractivity contribution in [2.75, 3.05) is 27.8 Å². The minimum atomic E-state index is 0.709. The lowest BCUT2D eigenvalue weighted by Gasteiger charge is -2.13. The molecular weight excluding hydrogens is 342 g/mol. The smallest absolute Gasteiger partial charge is 0.191 e. The Balaban J connectivity index is 1.80. The van der Waals surface area contributed by atoms with E-state index >= 15 is 0 Å². The molecule has 0 amide bonds. The van der Waals surface area contributed by atoms with E-state index in [2.05, 4.69) is 33.7 Å². The van der Waals surface area contributed by atoms with Crippen molar-refractivity contribution in [2.45, 2.75) is 33.2 Å². The molecule has 27 heavy (non-hydrogen) atoms. The first-order valence-corrected chi connectivity index (χ1v) is 9.14. The van der Waals surface area contributed by atoms with Crippen molar-refractivity contribution < 1.29 is 9.47 Å². The minimum absolute atomic E-state index is 0.709. The Morgan fingerprint density at radius 1 is 1.15 bits per heavy atom. The molecule has 0 aliphatic carbocycles. The van der Waals surface area contributed by atoms with E-state index in [1.54, 1.807) is 21.3 Å². The average Bonchev–Trinajstić information content (AvgIpc) is 2.92. The lowest BCUT2D eigenvalue weighted by molar-refractivity contribution is 0.354. The topological polar surface area (TPSA) is 72.7 Å². The van der Waals surface area contributed by atoms with E-state index in [4.69, 9.17) is 9.47 Å². The molecule has 1 aromatic carbocycles. The molecule has 2 rings (SSSR count). The number of benzene rings is 1. The van der Waals surface area contributed by atoms with Crippen LogP contribution in [0.2, 0.25) is 0 Å². The Morgan fingerprint density at radius 2 is 1.89 bits per heavy atom. The highest BCUT2D eigenvalue weighted by Crippen LogP contribution is 2.27. The molecule has 0 saturated heterocycles. The van der Waals surface area contributed by atoms with E-state index in [1.807, 2.05) is 30.8 Å². The fourth-order valence-corrected chi connectivity index (χ4v) is 3.00. The molecule has 2 aromatic rings. The predicted octanol–water partition coefficient (Wildman–Crippen LogP) is 2.35. The highest BCUT2D eigenvalue weighted by Gasteiger charge is 2.09. The maximum absolute atomic E-state index is 5.36. The van der Waals surface area contributed by atoms with E-state index in [1.165, 1.54) is 16.8 Å². The standard InChI is InChI=1S/C20H31N5O2/c1-14-17(15(2)25(4)24-14)13-23-20(21-3)22-11-7-8-16-9-10-18(26-5)19(12-16)27-6/h9-10,12H,7-8,11,13H2,1-6H3,(H2,21,22,23). The van der Waals surface area contributed by atoms with Crippen LogP contribution in [0.3, 0.4) is 0 Å². The number of aliphatic imine (C=N–C) groups is 1. The van der Waals surface area contributed by atoms with Crippen LogP contribution >= 0.6 is 0 Å². The zero-order valence-corrected chi connectivity index (χ0v) is 17.2. The van der Waals surface area contributed by atoms with Crippen LogP contribution in [0.15, 0.2) is 23.2 Å². The summed E-state index contributed by atoms with van der Waals surface area (Å²) in [5, 5.41) is 11.2. The van der Waals surface area contributed by atoms with E-state index in [9.17, 15) is 0 Å². The molecule has 148 valence electrons. The first kappa shape index (κ1) is 20.6. The molecule has 0 aliphatic rings. The third-order valence-electron chi connectivity index (χ3n) is 4.70. The molecule has 7 heteroatoms. The first-order valence-electron chi connectivity index (χ1n) is 9.14. The summed E-state index contributed by atoms with van der Waals surface area (Å²) in [6, 6.07) is 6.04. The summed E-state index contributed by atoms with van der Waals surface area (Å²) in [6.07, 6.45) is 1.94. The maximum atomic E-state index is 5.36. The molecule has 1 heterocycles. The molecule has 1 aromatic heterocycles. The molecule has 0 saturated carbocycles. The van der Waals surface area contributed by atoms with Crippen LogP contribution in [0.5, 0.6) is 11.5 Å². The second-order valence-electron chi connectivity index (χ2n) is 6.42. The number of guanidine groups is 1. The van der Waals surface area contributed by atoms with Gasteiger partial charge in [-0.05, 0) is 44.4 Å². The van der Waals surface area contributed by atoms with Crippen LogP contribution < -0.4 is 20.1 Å². The monoisotopic (exact) mass is 373 g/mol. The van der Waals surface area contributed by atoms with E-state index in [-0.39, 0.29) is 0 Å². The van der Waals surface area contributed by atoms with Crippen LogP contribution in [0.1, 0.15) is 28.9 Å². The van der Waals surface area contributed by atoms with Crippen LogP contribution in [-0.2, 0) is 20.0 Å². The Morgan fingerprint density at radius 3 is 2.48 bits per heavy atom. The van der Waals surface area contributed by atoms with Gasteiger partial charge in [0, 0.05) is 38.4 Å². The molecule has 0 unspecified atom stereocenters. The second kappa shape index (κ2) is 9.85.